The van der Waals surface area contributed by atoms with Crippen molar-refractivity contribution < 1.29 is 54.8 Å². The van der Waals surface area contributed by atoms with Crippen LogP contribution in [0.15, 0.2) is 0 Å². The molecule has 0 saturated carbocycles. The normalized spacial score (nSPS) is 8.00. The third-order valence-electron chi connectivity index (χ3n) is 0. The van der Waals surface area contributed by atoms with Gasteiger partial charge >= 0.3 is 45.5 Å². The first-order valence-electron chi connectivity index (χ1n) is 0.926. The van der Waals surface area contributed by atoms with Crippen LogP contribution in [-0.2, 0) is 0 Å². The molecular formula is Br2O6Sr. The van der Waals surface area contributed by atoms with Gasteiger partial charge in [-0.05, 0) is 0 Å². The molecule has 6 nitrogen and oxygen atoms in total. The molecule has 52 valence electrons. The Bertz CT molecular complexity index is 26.5. The predicted molar refractivity (Wildman–Crippen MR) is 5.75 cm³/mol. The molecule has 0 saturated heterocycles. The van der Waals surface area contributed by atoms with Crippen molar-refractivity contribution >= 4 is 45.5 Å². The van der Waals surface area contributed by atoms with Gasteiger partial charge in [0.1, 0.15) is 0 Å². The summed E-state index contributed by atoms with van der Waals surface area (Å²) in [6, 6.07) is 0. The van der Waals surface area contributed by atoms with Crippen LogP contribution >= 0.6 is 0 Å². The quantitative estimate of drug-likeness (QED) is 0.400. The van der Waals surface area contributed by atoms with E-state index >= 15 is 0 Å². The van der Waals surface area contributed by atoms with Crippen molar-refractivity contribution in [1.29, 1.82) is 0 Å². The van der Waals surface area contributed by atoms with Gasteiger partial charge in [0.15, 0.2) is 0 Å². The second kappa shape index (κ2) is 12.8. The van der Waals surface area contributed by atoms with Crippen LogP contribution < -0.4 is 25.2 Å². The van der Waals surface area contributed by atoms with Crippen molar-refractivity contribution in [3.05, 3.63) is 0 Å². The maximum Gasteiger partial charge on any atom is 2.00 e. The molecule has 0 aliphatic rings. The molecule has 9 heteroatoms. The molecule has 0 aromatic carbocycles. The Hall–Kier alpha value is 2.20. The van der Waals surface area contributed by atoms with E-state index in [2.05, 4.69) is 0 Å². The van der Waals surface area contributed by atoms with E-state index in [0.29, 0.717) is 0 Å². The van der Waals surface area contributed by atoms with E-state index < -0.39 is 29.6 Å². The fraction of sp³-hybridized carbons (Fsp3) is 0. The topological polar surface area (TPSA) is 138 Å². The molecule has 0 heterocycles. The zero-order valence-corrected chi connectivity index (χ0v) is 10.6. The SMILES string of the molecule is [O-][Br+2]([O-])[O-].[O-][Br+2]([O-])[O-].[Sr+2]. The molecule has 0 spiro atoms. The molecule has 0 aliphatic heterocycles. The molecule has 0 amide bonds. The van der Waals surface area contributed by atoms with E-state index in [4.69, 9.17) is 25.2 Å². The van der Waals surface area contributed by atoms with Crippen LogP contribution in [0.2, 0.25) is 0 Å². The van der Waals surface area contributed by atoms with Crippen molar-refractivity contribution in [1.82, 2.24) is 0 Å². The minimum absolute atomic E-state index is 0. The molecular weight excluding hydrogens is 343 g/mol. The molecule has 0 rings (SSSR count). The number of hydrogen-bond donors (Lipinski definition) is 0. The van der Waals surface area contributed by atoms with E-state index in [1.54, 1.807) is 0 Å². The smallest absolute Gasteiger partial charge is 0.405 e. The van der Waals surface area contributed by atoms with E-state index in [1.165, 1.54) is 0 Å². The Morgan fingerprint density at radius 1 is 0.556 bits per heavy atom. The zero-order chi connectivity index (χ0) is 7.15. The van der Waals surface area contributed by atoms with Gasteiger partial charge in [-0.3, -0.25) is 0 Å². The molecule has 9 heavy (non-hydrogen) atoms. The van der Waals surface area contributed by atoms with Crippen molar-refractivity contribution in [3.63, 3.8) is 0 Å². The molecule has 0 N–H and O–H groups in total. The summed E-state index contributed by atoms with van der Waals surface area (Å²) < 4.78 is 51.1. The van der Waals surface area contributed by atoms with E-state index in [9.17, 15) is 0 Å². The van der Waals surface area contributed by atoms with Gasteiger partial charge < -0.3 is 25.2 Å². The van der Waals surface area contributed by atoms with Gasteiger partial charge in [-0.15, -0.1) is 0 Å². The van der Waals surface area contributed by atoms with Gasteiger partial charge in [0, 0.05) is 0 Å². The van der Waals surface area contributed by atoms with Crippen LogP contribution in [0.3, 0.4) is 0 Å². The first-order valence-corrected chi connectivity index (χ1v) is 4.81. The van der Waals surface area contributed by atoms with Crippen molar-refractivity contribution in [2.24, 2.45) is 0 Å². The number of hydrogen-bond acceptors (Lipinski definition) is 6. The summed E-state index contributed by atoms with van der Waals surface area (Å²) in [5, 5.41) is 0. The van der Waals surface area contributed by atoms with E-state index in [1.807, 2.05) is 0 Å². The third-order valence-corrected chi connectivity index (χ3v) is 0. The van der Waals surface area contributed by atoms with E-state index in [0.717, 1.165) is 0 Å². The van der Waals surface area contributed by atoms with Crippen LogP contribution in [0.1, 0.15) is 0 Å². The molecule has 0 aromatic rings. The minimum atomic E-state index is -3.65. The number of halogens is 2. The third kappa shape index (κ3) is 142. The second-order valence-corrected chi connectivity index (χ2v) is 1.96. The maximum absolute atomic E-state index is 8.52. The van der Waals surface area contributed by atoms with Gasteiger partial charge in [0.25, 0.3) is 0 Å². The van der Waals surface area contributed by atoms with Gasteiger partial charge in [-0.2, -0.15) is 0 Å². The first-order chi connectivity index (χ1) is 3.46. The van der Waals surface area contributed by atoms with Crippen LogP contribution in [0.4, 0.5) is 0 Å². The standard InChI is InChI=1S/2BrO3.Sr/c2*2-1(3)4;/q2*-1;+2. The van der Waals surface area contributed by atoms with Gasteiger partial charge in [-0.25, -0.2) is 0 Å². The second-order valence-electron chi connectivity index (χ2n) is 0.378. The van der Waals surface area contributed by atoms with Crippen molar-refractivity contribution in [2.45, 2.75) is 0 Å². The summed E-state index contributed by atoms with van der Waals surface area (Å²) >= 11 is -7.29. The maximum atomic E-state index is 8.52. The average molecular weight is 343 g/mol. The molecule has 0 aromatic heterocycles. The monoisotopic (exact) mass is 342 g/mol. The Balaban J connectivity index is -0.0000000720. The summed E-state index contributed by atoms with van der Waals surface area (Å²) in [5.41, 5.74) is 0. The fourth-order valence-electron chi connectivity index (χ4n) is 0. The van der Waals surface area contributed by atoms with Crippen LogP contribution in [0.25, 0.3) is 0 Å². The van der Waals surface area contributed by atoms with E-state index in [-0.39, 0.29) is 45.5 Å². The Morgan fingerprint density at radius 2 is 0.556 bits per heavy atom. The summed E-state index contributed by atoms with van der Waals surface area (Å²) in [6.07, 6.45) is 0. The zero-order valence-electron chi connectivity index (χ0n) is 3.91. The Kier molecular flexibility index (Phi) is 24.7. The van der Waals surface area contributed by atoms with Gasteiger partial charge in [0.2, 0.25) is 29.6 Å². The molecule has 0 unspecified atom stereocenters. The Morgan fingerprint density at radius 3 is 0.556 bits per heavy atom. The van der Waals surface area contributed by atoms with Crippen LogP contribution in [0, 0.1) is 29.6 Å². The van der Waals surface area contributed by atoms with Crippen molar-refractivity contribution in [2.75, 3.05) is 0 Å². The summed E-state index contributed by atoms with van der Waals surface area (Å²) in [7, 11) is 0. The van der Waals surface area contributed by atoms with Gasteiger partial charge in [0.05, 0.1) is 0 Å². The first kappa shape index (κ1) is 17.3. The predicted octanol–water partition coefficient (Wildman–Crippen LogP) is -7.51. The Labute approximate surface area is 98.7 Å². The molecule has 0 bridgehead atoms. The number of rotatable bonds is 0. The fourth-order valence-corrected chi connectivity index (χ4v) is 0. The molecule has 0 fully saturated rings. The molecule has 0 aliphatic carbocycles. The average Bonchev–Trinajstić information content (AvgIpc) is 1.25. The van der Waals surface area contributed by atoms with Crippen LogP contribution in [-0.4, -0.2) is 45.5 Å². The van der Waals surface area contributed by atoms with Crippen LogP contribution in [0.5, 0.6) is 0 Å². The van der Waals surface area contributed by atoms with Crippen molar-refractivity contribution in [3.8, 4) is 0 Å². The molecule has 0 atom stereocenters. The van der Waals surface area contributed by atoms with Gasteiger partial charge in [-0.1, -0.05) is 0 Å². The summed E-state index contributed by atoms with van der Waals surface area (Å²) in [6.45, 7) is 0. The summed E-state index contributed by atoms with van der Waals surface area (Å²) in [4.78, 5) is 0. The summed E-state index contributed by atoms with van der Waals surface area (Å²) in [5.74, 6) is 0. The minimum Gasteiger partial charge on any atom is -0.405 e. The largest absolute Gasteiger partial charge is 2.00 e. The molecule has 0 radical (unpaired) electrons.